The van der Waals surface area contributed by atoms with E-state index in [2.05, 4.69) is 46.1 Å². The molecule has 2 aromatic heterocycles. The molecule has 1 amide bonds. The van der Waals surface area contributed by atoms with E-state index in [9.17, 15) is 4.79 Å². The summed E-state index contributed by atoms with van der Waals surface area (Å²) in [6.45, 7) is 6.06. The van der Waals surface area contributed by atoms with Crippen molar-refractivity contribution in [3.05, 3.63) is 83.5 Å². The summed E-state index contributed by atoms with van der Waals surface area (Å²) in [4.78, 5) is 12.7. The first kappa shape index (κ1) is 17.7. The Bertz CT molecular complexity index is 1110. The number of rotatable bonds is 4. The Hall–Kier alpha value is -3.67. The molecule has 0 aliphatic rings. The van der Waals surface area contributed by atoms with Gasteiger partial charge in [0, 0.05) is 33.9 Å². The number of amides is 1. The largest absolute Gasteiger partial charge is 0.423 e. The third kappa shape index (κ3) is 3.32. The molecule has 28 heavy (non-hydrogen) atoms. The number of nitrogens with zero attached hydrogens (tertiary/aromatic N) is 3. The van der Waals surface area contributed by atoms with Crippen molar-refractivity contribution in [2.45, 2.75) is 20.8 Å². The minimum Gasteiger partial charge on any atom is -0.423 e. The van der Waals surface area contributed by atoms with Crippen LogP contribution in [0.15, 0.2) is 65.4 Å². The molecule has 4 rings (SSSR count). The average Bonchev–Trinajstić information content (AvgIpc) is 3.34. The van der Waals surface area contributed by atoms with Gasteiger partial charge < -0.3 is 14.3 Å². The summed E-state index contributed by atoms with van der Waals surface area (Å²) >= 11 is 0. The predicted molar refractivity (Wildman–Crippen MR) is 108 cm³/mol. The zero-order valence-corrected chi connectivity index (χ0v) is 15.9. The van der Waals surface area contributed by atoms with Gasteiger partial charge in [0.2, 0.25) is 12.3 Å². The third-order valence-corrected chi connectivity index (χ3v) is 4.75. The molecule has 0 saturated heterocycles. The van der Waals surface area contributed by atoms with Gasteiger partial charge in [-0.15, -0.1) is 10.2 Å². The van der Waals surface area contributed by atoms with Crippen molar-refractivity contribution in [1.29, 1.82) is 0 Å². The first-order chi connectivity index (χ1) is 13.5. The lowest BCUT2D eigenvalue weighted by Gasteiger charge is -2.12. The monoisotopic (exact) mass is 372 g/mol. The molecular weight excluding hydrogens is 352 g/mol. The predicted octanol–water partition coefficient (Wildman–Crippen LogP) is 4.70. The maximum atomic E-state index is 12.7. The zero-order valence-electron chi connectivity index (χ0n) is 15.9. The molecule has 0 radical (unpaired) electrons. The third-order valence-electron chi connectivity index (χ3n) is 4.75. The van der Waals surface area contributed by atoms with Crippen LogP contribution in [0.1, 0.15) is 27.3 Å². The molecule has 2 heterocycles. The number of carbonyl (C=O) groups is 1. The molecule has 0 spiro atoms. The fourth-order valence-electron chi connectivity index (χ4n) is 3.22. The highest BCUT2D eigenvalue weighted by atomic mass is 16.4. The van der Waals surface area contributed by atoms with E-state index in [1.54, 1.807) is 0 Å². The van der Waals surface area contributed by atoms with Crippen molar-refractivity contribution >= 4 is 11.6 Å². The summed E-state index contributed by atoms with van der Waals surface area (Å²) in [7, 11) is 0. The summed E-state index contributed by atoms with van der Waals surface area (Å²) in [6, 6.07) is 17.4. The SMILES string of the molecule is Cc1ccc(-c2nnco2)cc1NC(=O)c1ccc(-n2c(C)ccc2C)cc1. The second kappa shape index (κ2) is 7.15. The molecule has 0 bridgehead atoms. The summed E-state index contributed by atoms with van der Waals surface area (Å²) < 4.78 is 7.39. The van der Waals surface area contributed by atoms with Gasteiger partial charge in [0.05, 0.1) is 0 Å². The van der Waals surface area contributed by atoms with Gasteiger partial charge in [0.15, 0.2) is 0 Å². The highest BCUT2D eigenvalue weighted by Gasteiger charge is 2.12. The fourth-order valence-corrected chi connectivity index (χ4v) is 3.22. The number of nitrogens with one attached hydrogen (secondary N) is 1. The molecule has 4 aromatic rings. The Balaban J connectivity index is 1.57. The van der Waals surface area contributed by atoms with E-state index in [0.717, 1.165) is 28.2 Å². The normalized spacial score (nSPS) is 10.8. The molecule has 0 fully saturated rings. The van der Waals surface area contributed by atoms with Gasteiger partial charge in [0.25, 0.3) is 5.91 Å². The number of aryl methyl sites for hydroxylation is 3. The molecular formula is C22H20N4O2. The molecule has 140 valence electrons. The van der Waals surface area contributed by atoms with Crippen molar-refractivity contribution in [1.82, 2.24) is 14.8 Å². The minimum atomic E-state index is -0.168. The van der Waals surface area contributed by atoms with Crippen LogP contribution in [-0.2, 0) is 0 Å². The summed E-state index contributed by atoms with van der Waals surface area (Å²) in [5, 5.41) is 10.6. The molecule has 0 saturated carbocycles. The number of aromatic nitrogens is 3. The Morgan fingerprint density at radius 2 is 1.68 bits per heavy atom. The molecule has 6 nitrogen and oxygen atoms in total. The quantitative estimate of drug-likeness (QED) is 0.563. The van der Waals surface area contributed by atoms with Crippen molar-refractivity contribution in [2.24, 2.45) is 0 Å². The summed E-state index contributed by atoms with van der Waals surface area (Å²) in [5.41, 5.74) is 6.35. The number of hydrogen-bond acceptors (Lipinski definition) is 4. The van der Waals surface area contributed by atoms with Gasteiger partial charge in [-0.3, -0.25) is 4.79 Å². The van der Waals surface area contributed by atoms with Crippen LogP contribution in [0.4, 0.5) is 5.69 Å². The van der Waals surface area contributed by atoms with Crippen molar-refractivity contribution < 1.29 is 9.21 Å². The van der Waals surface area contributed by atoms with E-state index in [4.69, 9.17) is 4.42 Å². The van der Waals surface area contributed by atoms with Crippen LogP contribution in [0, 0.1) is 20.8 Å². The highest BCUT2D eigenvalue weighted by Crippen LogP contribution is 2.24. The van der Waals surface area contributed by atoms with E-state index in [0.29, 0.717) is 17.1 Å². The zero-order chi connectivity index (χ0) is 19.7. The smallest absolute Gasteiger partial charge is 0.255 e. The first-order valence-electron chi connectivity index (χ1n) is 8.97. The van der Waals surface area contributed by atoms with Gasteiger partial charge >= 0.3 is 0 Å². The van der Waals surface area contributed by atoms with Crippen LogP contribution < -0.4 is 5.32 Å². The van der Waals surface area contributed by atoms with Crippen LogP contribution in [-0.4, -0.2) is 20.7 Å². The molecule has 0 aliphatic carbocycles. The van der Waals surface area contributed by atoms with Gasteiger partial charge in [-0.25, -0.2) is 0 Å². The van der Waals surface area contributed by atoms with Gasteiger partial charge in [-0.2, -0.15) is 0 Å². The minimum absolute atomic E-state index is 0.168. The van der Waals surface area contributed by atoms with E-state index >= 15 is 0 Å². The maximum Gasteiger partial charge on any atom is 0.255 e. The fraction of sp³-hybridized carbons (Fsp3) is 0.136. The van der Waals surface area contributed by atoms with E-state index in [1.165, 1.54) is 6.39 Å². The van der Waals surface area contributed by atoms with Gasteiger partial charge in [-0.1, -0.05) is 6.07 Å². The molecule has 0 atom stereocenters. The lowest BCUT2D eigenvalue weighted by molar-refractivity contribution is 0.102. The molecule has 0 unspecified atom stereocenters. The molecule has 1 N–H and O–H groups in total. The lowest BCUT2D eigenvalue weighted by atomic mass is 10.1. The topological polar surface area (TPSA) is 73.0 Å². The molecule has 0 aliphatic heterocycles. The summed E-state index contributed by atoms with van der Waals surface area (Å²) in [6.07, 6.45) is 1.28. The van der Waals surface area contributed by atoms with Crippen molar-refractivity contribution in [2.75, 3.05) is 5.32 Å². The van der Waals surface area contributed by atoms with Crippen LogP contribution in [0.5, 0.6) is 0 Å². The first-order valence-corrected chi connectivity index (χ1v) is 8.97. The van der Waals surface area contributed by atoms with Crippen molar-refractivity contribution in [3.63, 3.8) is 0 Å². The maximum absolute atomic E-state index is 12.7. The molecule has 6 heteroatoms. The number of carbonyl (C=O) groups excluding carboxylic acids is 1. The Kier molecular flexibility index (Phi) is 4.53. The Morgan fingerprint density at radius 1 is 0.964 bits per heavy atom. The highest BCUT2D eigenvalue weighted by molar-refractivity contribution is 6.05. The van der Waals surface area contributed by atoms with Gasteiger partial charge in [-0.05, 0) is 74.9 Å². The summed E-state index contributed by atoms with van der Waals surface area (Å²) in [5.74, 6) is 0.246. The van der Waals surface area contributed by atoms with E-state index < -0.39 is 0 Å². The van der Waals surface area contributed by atoms with Crippen LogP contribution in [0.2, 0.25) is 0 Å². The Morgan fingerprint density at radius 3 is 2.32 bits per heavy atom. The second-order valence-electron chi connectivity index (χ2n) is 6.73. The lowest BCUT2D eigenvalue weighted by Crippen LogP contribution is -2.13. The van der Waals surface area contributed by atoms with E-state index in [-0.39, 0.29) is 5.91 Å². The Labute approximate surface area is 162 Å². The standard InChI is InChI=1S/C22H20N4O2/c1-14-4-7-18(22-25-23-13-28-22)12-20(14)24-21(27)17-8-10-19(11-9-17)26-15(2)5-6-16(26)3/h4-13H,1-3H3,(H,24,27). The number of hydrogen-bond donors (Lipinski definition) is 1. The van der Waals surface area contributed by atoms with Crippen LogP contribution in [0.3, 0.4) is 0 Å². The van der Waals surface area contributed by atoms with Crippen LogP contribution in [0.25, 0.3) is 17.1 Å². The van der Waals surface area contributed by atoms with E-state index in [1.807, 2.05) is 49.4 Å². The van der Waals surface area contributed by atoms with Gasteiger partial charge in [0.1, 0.15) is 0 Å². The molecule has 2 aromatic carbocycles. The van der Waals surface area contributed by atoms with Crippen LogP contribution >= 0.6 is 0 Å². The number of benzene rings is 2. The number of anilines is 1. The van der Waals surface area contributed by atoms with Crippen molar-refractivity contribution in [3.8, 4) is 17.1 Å². The second-order valence-corrected chi connectivity index (χ2v) is 6.73. The average molecular weight is 372 g/mol.